The average molecular weight is 1520 g/mol. The number of aryl methyl sites for hydroxylation is 11. The molecule has 0 bridgehead atoms. The number of nitrogens with zero attached hydrogens (tertiary/aromatic N) is 15. The number of hydrogen-bond donors (Lipinski definition) is 0. The summed E-state index contributed by atoms with van der Waals surface area (Å²) in [6, 6.07) is 71.9. The van der Waals surface area contributed by atoms with Crippen LogP contribution in [0, 0.1) is 62.3 Å². The van der Waals surface area contributed by atoms with E-state index in [1.165, 1.54) is 112 Å². The molecule has 0 saturated carbocycles. The van der Waals surface area contributed by atoms with E-state index >= 15 is 0 Å². The maximum absolute atomic E-state index is 6.34. The maximum atomic E-state index is 6.34. The van der Waals surface area contributed by atoms with Gasteiger partial charge in [-0.1, -0.05) is 78.9 Å². The van der Waals surface area contributed by atoms with E-state index in [4.69, 9.17) is 9.40 Å². The van der Waals surface area contributed by atoms with Gasteiger partial charge in [0.25, 0.3) is 0 Å². The molecule has 18 rings (SSSR count). The number of fused-ring (bicyclic) bond motifs is 4. The number of imidazole rings is 5. The minimum absolute atomic E-state index is 0.906. The Bertz CT molecular complexity index is 6540. The predicted octanol–water partition coefficient (Wildman–Crippen LogP) is 18.7. The molecule has 0 amide bonds. The Morgan fingerprint density at radius 3 is 1.21 bits per heavy atom. The Morgan fingerprint density at radius 2 is 0.757 bits per heavy atom. The van der Waals surface area contributed by atoms with Crippen molar-refractivity contribution in [2.75, 3.05) is 0 Å². The highest BCUT2D eigenvalue weighted by Crippen LogP contribution is 2.43. The lowest BCUT2D eigenvalue weighted by atomic mass is 9.92. The van der Waals surface area contributed by atoms with Crippen LogP contribution in [-0.2, 0) is 70.5 Å². The van der Waals surface area contributed by atoms with Gasteiger partial charge in [-0.3, -0.25) is 0 Å². The third-order valence-corrected chi connectivity index (χ3v) is 22.5. The minimum Gasteiger partial charge on any atom is -0.455 e. The molecule has 0 fully saturated rings. The number of furan rings is 1. The van der Waals surface area contributed by atoms with Crippen molar-refractivity contribution in [2.45, 2.75) is 62.3 Å². The highest BCUT2D eigenvalue weighted by molar-refractivity contribution is 6.12. The van der Waals surface area contributed by atoms with Crippen molar-refractivity contribution >= 4 is 32.7 Å². The quantitative estimate of drug-likeness (QED) is 0.126. The maximum Gasteiger partial charge on any atom is 0.216 e. The first-order valence-electron chi connectivity index (χ1n) is 38.9. The molecule has 115 heavy (non-hydrogen) atoms. The van der Waals surface area contributed by atoms with Gasteiger partial charge in [0.05, 0.1) is 22.5 Å². The van der Waals surface area contributed by atoms with Crippen LogP contribution >= 0.6 is 0 Å². The summed E-state index contributed by atoms with van der Waals surface area (Å²) in [4.78, 5) is 23.2. The van der Waals surface area contributed by atoms with Gasteiger partial charge in [-0.25, -0.2) is 47.8 Å². The Balaban J connectivity index is 0.000000119. The molecule has 0 N–H and O–H groups in total. The molecule has 11 heterocycles. The van der Waals surface area contributed by atoms with Crippen molar-refractivity contribution in [3.05, 3.63) is 325 Å². The number of para-hydroxylation sites is 1. The summed E-state index contributed by atoms with van der Waals surface area (Å²) < 4.78 is 27.6. The summed E-state index contributed by atoms with van der Waals surface area (Å²) in [6.07, 6.45) is 22.0. The fraction of sp³-hybridized carbons (Fsp3) is 0.192. The second-order valence-electron chi connectivity index (χ2n) is 30.0. The van der Waals surface area contributed by atoms with E-state index in [1.54, 1.807) is 0 Å². The Hall–Kier alpha value is -13.6. The number of benzene rings is 7. The molecule has 0 atom stereocenters. The van der Waals surface area contributed by atoms with Gasteiger partial charge in [0.15, 0.2) is 31.0 Å². The fourth-order valence-electron chi connectivity index (χ4n) is 15.8. The molecule has 16 nitrogen and oxygen atoms in total. The Morgan fingerprint density at radius 1 is 0.322 bits per heavy atom. The first-order valence-corrected chi connectivity index (χ1v) is 38.9. The number of hydrogen-bond acceptors (Lipinski definition) is 6. The van der Waals surface area contributed by atoms with Gasteiger partial charge in [-0.15, -0.1) is 0 Å². The molecule has 0 unspecified atom stereocenters. The van der Waals surface area contributed by atoms with Gasteiger partial charge < -0.3 is 27.3 Å². The third-order valence-electron chi connectivity index (χ3n) is 22.5. The van der Waals surface area contributed by atoms with Gasteiger partial charge in [0, 0.05) is 200 Å². The van der Waals surface area contributed by atoms with Crippen molar-refractivity contribution in [3.8, 4) is 113 Å². The summed E-state index contributed by atoms with van der Waals surface area (Å²) in [7, 11) is 20.7. The number of rotatable bonds is 10. The zero-order chi connectivity index (χ0) is 81.0. The largest absolute Gasteiger partial charge is 0.455 e. The SMILES string of the molecule is Cc1c(-c2cccc[n+]2C)cc2ccccc2c1-c1nccn1C.Cc1c(-c2ncc(C)n2C)cccc1-c1cccc[n+]1C.Cc1c(-c2nccn2C)cc2c(oc3ccccc32)c1-c1cccc[n+]1C.Cc1cn(C)c(-c2cccc(-c3cccc[n+]3C)c2C)n1.Cc1nc(-c2cccc(-c3cccc[n+]3C)c2C)n(C)c1C. The molecule has 0 aliphatic carbocycles. The molecule has 18 aromatic rings. The molecule has 0 radical (unpaired) electrons. The van der Waals surface area contributed by atoms with E-state index in [2.05, 4.69) is 377 Å². The molecule has 574 valence electrons. The van der Waals surface area contributed by atoms with Crippen LogP contribution in [0.15, 0.2) is 279 Å². The van der Waals surface area contributed by atoms with Crippen LogP contribution in [0.4, 0.5) is 0 Å². The lowest BCUT2D eigenvalue weighted by Crippen LogP contribution is -2.30. The first-order chi connectivity index (χ1) is 55.5. The van der Waals surface area contributed by atoms with Crippen molar-refractivity contribution in [3.63, 3.8) is 0 Å². The fourth-order valence-corrected chi connectivity index (χ4v) is 15.8. The van der Waals surface area contributed by atoms with E-state index in [0.717, 1.165) is 84.8 Å². The molecule has 0 saturated heterocycles. The normalized spacial score (nSPS) is 11.1. The summed E-state index contributed by atoms with van der Waals surface area (Å²) in [5, 5.41) is 4.72. The van der Waals surface area contributed by atoms with E-state index in [1.807, 2.05) is 95.4 Å². The average Bonchev–Trinajstić information content (AvgIpc) is 1.62. The third kappa shape index (κ3) is 15.5. The van der Waals surface area contributed by atoms with Crippen LogP contribution in [0.2, 0.25) is 0 Å². The van der Waals surface area contributed by atoms with Gasteiger partial charge in [-0.2, -0.15) is 0 Å². The van der Waals surface area contributed by atoms with E-state index in [9.17, 15) is 0 Å². The summed E-state index contributed by atoms with van der Waals surface area (Å²) in [6.45, 7) is 19.1. The molecule has 16 heteroatoms. The lowest BCUT2D eigenvalue weighted by molar-refractivity contribution is -0.660. The second-order valence-corrected chi connectivity index (χ2v) is 30.0. The molecular formula is C99H102N15O+5. The molecule has 11 aromatic heterocycles. The van der Waals surface area contributed by atoms with Crippen molar-refractivity contribution in [2.24, 2.45) is 70.5 Å². The van der Waals surface area contributed by atoms with E-state index < -0.39 is 0 Å². The van der Waals surface area contributed by atoms with Crippen molar-refractivity contribution in [1.29, 1.82) is 0 Å². The monoisotopic (exact) mass is 1520 g/mol. The lowest BCUT2D eigenvalue weighted by Gasteiger charge is -2.14. The van der Waals surface area contributed by atoms with E-state index in [0.29, 0.717) is 0 Å². The van der Waals surface area contributed by atoms with Crippen LogP contribution in [-0.4, -0.2) is 47.8 Å². The highest BCUT2D eigenvalue weighted by atomic mass is 16.3. The zero-order valence-corrected chi connectivity index (χ0v) is 69.6. The topological polar surface area (TPSA) is 122 Å². The summed E-state index contributed by atoms with van der Waals surface area (Å²) >= 11 is 0. The zero-order valence-electron chi connectivity index (χ0n) is 69.6. The molecular weight excluding hydrogens is 1420 g/mol. The van der Waals surface area contributed by atoms with Crippen LogP contribution < -0.4 is 22.8 Å². The van der Waals surface area contributed by atoms with Gasteiger partial charge in [-0.05, 0) is 168 Å². The summed E-state index contributed by atoms with van der Waals surface area (Å²) in [5.41, 5.74) is 30.5. The minimum atomic E-state index is 0.906. The van der Waals surface area contributed by atoms with Crippen LogP contribution in [0.1, 0.15) is 50.6 Å². The highest BCUT2D eigenvalue weighted by Gasteiger charge is 2.27. The standard InChI is InChI=1S/C23H20N3O.C21H20N3.C19H22N3.2C18H20N3/c1-15-17(23-24-11-13-26(23)3)14-18-16-8-4-5-10-20(16)27-22(18)21(15)19-9-6-7-12-25(19)2;1-15-18(19-10-6-7-12-23(19)2)14-16-8-4-5-9-17(16)20(15)21-22-11-13-24(21)3;1-13-16(18-11-6-7-12-21(18)4)9-8-10-17(13)19-20-14(2)15(3)22(19)5;1-13-12-21(4)18(19-13)16-9-7-8-15(14(16)2)17-10-5-6-11-20(17)3;1-13-12-19-18(21(13)4)16-9-7-8-15(14(16)2)17-10-5-6-11-20(17)3/h4-14H,1-3H3;4-14H,1-3H3;6-12H,1-5H3;2*5-12H,1-4H3/q5*+1. The Labute approximate surface area is 674 Å². The predicted molar refractivity (Wildman–Crippen MR) is 464 cm³/mol. The van der Waals surface area contributed by atoms with Crippen LogP contribution in [0.3, 0.4) is 0 Å². The van der Waals surface area contributed by atoms with Gasteiger partial charge in [0.1, 0.15) is 75.5 Å². The number of aromatic nitrogens is 15. The van der Waals surface area contributed by atoms with Crippen molar-refractivity contribution < 1.29 is 27.3 Å². The molecule has 0 aliphatic rings. The van der Waals surface area contributed by atoms with Gasteiger partial charge >= 0.3 is 0 Å². The Kier molecular flexibility index (Phi) is 22.7. The molecule has 0 aliphatic heterocycles. The van der Waals surface area contributed by atoms with Gasteiger partial charge in [0.2, 0.25) is 28.5 Å². The molecule has 0 spiro atoms. The summed E-state index contributed by atoms with van der Waals surface area (Å²) in [5.74, 6) is 5.03. The first kappa shape index (κ1) is 78.1. The van der Waals surface area contributed by atoms with Crippen molar-refractivity contribution in [1.82, 2.24) is 47.8 Å². The van der Waals surface area contributed by atoms with E-state index in [-0.39, 0.29) is 0 Å². The number of pyridine rings is 5. The second kappa shape index (κ2) is 33.4. The molecule has 7 aromatic carbocycles. The smallest absolute Gasteiger partial charge is 0.216 e. The van der Waals surface area contributed by atoms with Crippen LogP contribution in [0.25, 0.3) is 146 Å². The van der Waals surface area contributed by atoms with Crippen LogP contribution in [0.5, 0.6) is 0 Å².